The maximum absolute atomic E-state index is 5.60. The van der Waals surface area contributed by atoms with Crippen LogP contribution in [0.1, 0.15) is 5.69 Å². The summed E-state index contributed by atoms with van der Waals surface area (Å²) in [6, 6.07) is 7.51. The van der Waals surface area contributed by atoms with Gasteiger partial charge in [-0.3, -0.25) is 0 Å². The molecule has 0 atom stereocenters. The largest absolute Gasteiger partial charge is 0.399 e. The molecule has 1 aromatic carbocycles. The topological polar surface area (TPSA) is 56.7 Å². The number of anilines is 1. The lowest BCUT2D eigenvalue weighted by Gasteiger charge is -2.03. The third-order valence-electron chi connectivity index (χ3n) is 1.89. The van der Waals surface area contributed by atoms with E-state index in [1.54, 1.807) is 10.9 Å². The van der Waals surface area contributed by atoms with E-state index in [1.807, 2.05) is 24.3 Å². The molecule has 0 aliphatic carbocycles. The number of nitrogens with two attached hydrogens (primary N) is 1. The van der Waals surface area contributed by atoms with Crippen LogP contribution in [0, 0.1) is 0 Å². The predicted octanol–water partition coefficient (Wildman–Crippen LogP) is 1.74. The molecule has 0 unspecified atom stereocenters. The molecule has 2 aromatic rings. The molecule has 14 heavy (non-hydrogen) atoms. The van der Waals surface area contributed by atoms with Crippen molar-refractivity contribution in [1.82, 2.24) is 15.0 Å². The first-order valence-corrected chi connectivity index (χ1v) is 5.25. The van der Waals surface area contributed by atoms with Crippen molar-refractivity contribution >= 4 is 21.6 Å². The molecule has 2 rings (SSSR count). The predicted molar refractivity (Wildman–Crippen MR) is 58.4 cm³/mol. The maximum atomic E-state index is 5.60. The number of hydrogen-bond acceptors (Lipinski definition) is 3. The van der Waals surface area contributed by atoms with Crippen LogP contribution < -0.4 is 5.73 Å². The van der Waals surface area contributed by atoms with E-state index >= 15 is 0 Å². The molecular weight excluding hydrogens is 244 g/mol. The zero-order chi connectivity index (χ0) is 9.97. The zero-order valence-electron chi connectivity index (χ0n) is 7.39. The van der Waals surface area contributed by atoms with Crippen LogP contribution in [0.15, 0.2) is 30.5 Å². The lowest BCUT2D eigenvalue weighted by molar-refractivity contribution is 0.783. The van der Waals surface area contributed by atoms with Crippen LogP contribution in [-0.2, 0) is 5.33 Å². The smallest absolute Gasteiger partial charge is 0.0751 e. The molecular formula is C9H9BrN4. The van der Waals surface area contributed by atoms with Gasteiger partial charge >= 0.3 is 0 Å². The van der Waals surface area contributed by atoms with Crippen LogP contribution in [0.5, 0.6) is 0 Å². The van der Waals surface area contributed by atoms with E-state index < -0.39 is 0 Å². The second-order valence-corrected chi connectivity index (χ2v) is 3.42. The molecule has 2 N–H and O–H groups in total. The van der Waals surface area contributed by atoms with E-state index in [-0.39, 0.29) is 0 Å². The Morgan fingerprint density at radius 3 is 2.64 bits per heavy atom. The molecule has 1 heterocycles. The fourth-order valence-corrected chi connectivity index (χ4v) is 1.56. The monoisotopic (exact) mass is 252 g/mol. The van der Waals surface area contributed by atoms with Gasteiger partial charge in [-0.15, -0.1) is 5.10 Å². The summed E-state index contributed by atoms with van der Waals surface area (Å²) < 4.78 is 1.77. The first-order valence-electron chi connectivity index (χ1n) is 4.12. The van der Waals surface area contributed by atoms with Crippen molar-refractivity contribution in [2.45, 2.75) is 5.33 Å². The van der Waals surface area contributed by atoms with Gasteiger partial charge in [-0.05, 0) is 24.3 Å². The minimum atomic E-state index is 0.727. The van der Waals surface area contributed by atoms with E-state index in [4.69, 9.17) is 5.73 Å². The lowest BCUT2D eigenvalue weighted by Crippen LogP contribution is -2.00. The Morgan fingerprint density at radius 2 is 2.00 bits per heavy atom. The quantitative estimate of drug-likeness (QED) is 0.655. The van der Waals surface area contributed by atoms with Crippen molar-refractivity contribution in [2.24, 2.45) is 0 Å². The van der Waals surface area contributed by atoms with E-state index in [0.29, 0.717) is 0 Å². The van der Waals surface area contributed by atoms with E-state index in [9.17, 15) is 0 Å². The van der Waals surface area contributed by atoms with Gasteiger partial charge in [0.2, 0.25) is 0 Å². The van der Waals surface area contributed by atoms with Gasteiger partial charge in [0.15, 0.2) is 0 Å². The summed E-state index contributed by atoms with van der Waals surface area (Å²) in [6.45, 7) is 0. The SMILES string of the molecule is Nc1ccc(-n2nncc2CBr)cc1. The summed E-state index contributed by atoms with van der Waals surface area (Å²) in [6.07, 6.45) is 1.73. The summed E-state index contributed by atoms with van der Waals surface area (Å²) in [7, 11) is 0. The molecule has 0 fully saturated rings. The van der Waals surface area contributed by atoms with E-state index in [2.05, 4.69) is 26.2 Å². The Labute approximate surface area is 89.9 Å². The molecule has 0 radical (unpaired) electrons. The van der Waals surface area contributed by atoms with Gasteiger partial charge in [-0.25, -0.2) is 4.68 Å². The molecule has 0 bridgehead atoms. The Bertz CT molecular complexity index is 421. The lowest BCUT2D eigenvalue weighted by atomic mass is 10.3. The Kier molecular flexibility index (Phi) is 2.49. The highest BCUT2D eigenvalue weighted by molar-refractivity contribution is 9.08. The third kappa shape index (κ3) is 1.63. The zero-order valence-corrected chi connectivity index (χ0v) is 8.98. The Morgan fingerprint density at radius 1 is 1.29 bits per heavy atom. The summed E-state index contributed by atoms with van der Waals surface area (Å²) in [5.74, 6) is 0. The molecule has 4 nitrogen and oxygen atoms in total. The first-order chi connectivity index (χ1) is 6.81. The number of nitrogen functional groups attached to an aromatic ring is 1. The van der Waals surface area contributed by atoms with Gasteiger partial charge < -0.3 is 5.73 Å². The highest BCUT2D eigenvalue weighted by Gasteiger charge is 2.03. The molecule has 1 aromatic heterocycles. The van der Waals surface area contributed by atoms with Gasteiger partial charge in [0.25, 0.3) is 0 Å². The van der Waals surface area contributed by atoms with Crippen molar-refractivity contribution in [3.05, 3.63) is 36.2 Å². The van der Waals surface area contributed by atoms with Crippen LogP contribution in [0.25, 0.3) is 5.69 Å². The molecule has 0 amide bonds. The van der Waals surface area contributed by atoms with Crippen LogP contribution in [0.4, 0.5) is 5.69 Å². The number of benzene rings is 1. The summed E-state index contributed by atoms with van der Waals surface area (Å²) >= 11 is 3.37. The number of aromatic nitrogens is 3. The average molecular weight is 253 g/mol. The van der Waals surface area contributed by atoms with Crippen LogP contribution in [-0.4, -0.2) is 15.0 Å². The van der Waals surface area contributed by atoms with Gasteiger partial charge in [0, 0.05) is 11.0 Å². The van der Waals surface area contributed by atoms with E-state index in [0.717, 1.165) is 22.4 Å². The molecule has 72 valence electrons. The fourth-order valence-electron chi connectivity index (χ4n) is 1.18. The van der Waals surface area contributed by atoms with Gasteiger partial charge in [0.05, 0.1) is 17.6 Å². The minimum Gasteiger partial charge on any atom is -0.399 e. The van der Waals surface area contributed by atoms with Crippen LogP contribution in [0.2, 0.25) is 0 Å². The molecule has 0 aliphatic heterocycles. The van der Waals surface area contributed by atoms with Gasteiger partial charge in [-0.2, -0.15) is 0 Å². The Hall–Kier alpha value is -1.36. The van der Waals surface area contributed by atoms with Crippen molar-refractivity contribution in [3.8, 4) is 5.69 Å². The molecule has 0 spiro atoms. The van der Waals surface area contributed by atoms with Crippen molar-refractivity contribution in [1.29, 1.82) is 0 Å². The molecule has 0 saturated carbocycles. The van der Waals surface area contributed by atoms with Crippen molar-refractivity contribution in [2.75, 3.05) is 5.73 Å². The van der Waals surface area contributed by atoms with Crippen LogP contribution in [0.3, 0.4) is 0 Å². The van der Waals surface area contributed by atoms with Gasteiger partial charge in [-0.1, -0.05) is 21.1 Å². The summed E-state index contributed by atoms with van der Waals surface area (Å²) in [5.41, 5.74) is 8.31. The van der Waals surface area contributed by atoms with Crippen molar-refractivity contribution < 1.29 is 0 Å². The van der Waals surface area contributed by atoms with Crippen molar-refractivity contribution in [3.63, 3.8) is 0 Å². The number of alkyl halides is 1. The third-order valence-corrected chi connectivity index (χ3v) is 2.47. The van der Waals surface area contributed by atoms with Gasteiger partial charge in [0.1, 0.15) is 0 Å². The molecule has 0 aliphatic rings. The highest BCUT2D eigenvalue weighted by Crippen LogP contribution is 2.13. The number of halogens is 1. The first kappa shape index (κ1) is 9.21. The van der Waals surface area contributed by atoms with Crippen LogP contribution >= 0.6 is 15.9 Å². The summed E-state index contributed by atoms with van der Waals surface area (Å²) in [4.78, 5) is 0. The molecule has 5 heteroatoms. The second-order valence-electron chi connectivity index (χ2n) is 2.86. The normalized spacial score (nSPS) is 10.4. The fraction of sp³-hybridized carbons (Fsp3) is 0.111. The standard InChI is InChI=1S/C9H9BrN4/c10-5-9-6-12-13-14(9)8-3-1-7(11)2-4-8/h1-4,6H,5,11H2. The van der Waals surface area contributed by atoms with E-state index in [1.165, 1.54) is 0 Å². The highest BCUT2D eigenvalue weighted by atomic mass is 79.9. The number of nitrogens with zero attached hydrogens (tertiary/aromatic N) is 3. The minimum absolute atomic E-state index is 0.727. The molecule has 0 saturated heterocycles. The average Bonchev–Trinajstić information content (AvgIpc) is 2.67. The summed E-state index contributed by atoms with van der Waals surface area (Å²) in [5, 5.41) is 8.55. The number of hydrogen-bond donors (Lipinski definition) is 1. The second kappa shape index (κ2) is 3.79. The maximum Gasteiger partial charge on any atom is 0.0751 e. The Balaban J connectivity index is 2.44. The number of rotatable bonds is 2.